The monoisotopic (exact) mass is 271 g/mol. The highest BCUT2D eigenvalue weighted by Crippen LogP contribution is 2.24. The summed E-state index contributed by atoms with van der Waals surface area (Å²) in [6.07, 6.45) is 2.38. The highest BCUT2D eigenvalue weighted by Gasteiger charge is 2.29. The lowest BCUT2D eigenvalue weighted by Crippen LogP contribution is -2.44. The molecule has 1 aliphatic rings. The quantitative estimate of drug-likeness (QED) is 0.764. The highest BCUT2D eigenvalue weighted by atomic mass is 32.2. The van der Waals surface area contributed by atoms with Crippen molar-refractivity contribution in [2.45, 2.75) is 42.7 Å². The van der Waals surface area contributed by atoms with Crippen LogP contribution in [0.3, 0.4) is 0 Å². The summed E-state index contributed by atoms with van der Waals surface area (Å²) >= 11 is 0. The molecule has 1 saturated carbocycles. The number of hydrogen-bond donors (Lipinski definition) is 3. The molecule has 0 amide bonds. The van der Waals surface area contributed by atoms with Crippen molar-refractivity contribution in [3.05, 3.63) is 24.3 Å². The predicted octanol–water partition coefficient (Wildman–Crippen LogP) is 0.974. The van der Waals surface area contributed by atoms with Crippen molar-refractivity contribution in [2.75, 3.05) is 0 Å². The van der Waals surface area contributed by atoms with Crippen molar-refractivity contribution in [2.24, 2.45) is 0 Å². The Bertz CT molecular complexity index is 515. The average Bonchev–Trinajstić information content (AvgIpc) is 2.32. The lowest BCUT2D eigenvalue weighted by Gasteiger charge is -2.28. The molecule has 1 fully saturated rings. The Balaban J connectivity index is 2.19. The predicted molar refractivity (Wildman–Crippen MR) is 66.7 cm³/mol. The molecule has 18 heavy (non-hydrogen) atoms. The number of aromatic hydroxyl groups is 1. The minimum atomic E-state index is -3.78. The van der Waals surface area contributed by atoms with Crippen molar-refractivity contribution in [3.63, 3.8) is 0 Å². The third-order valence-corrected chi connectivity index (χ3v) is 4.73. The maximum absolute atomic E-state index is 12.1. The van der Waals surface area contributed by atoms with E-state index in [9.17, 15) is 18.6 Å². The number of phenols is 1. The summed E-state index contributed by atoms with van der Waals surface area (Å²) in [4.78, 5) is -0.150. The van der Waals surface area contributed by atoms with Crippen molar-refractivity contribution in [3.8, 4) is 5.75 Å². The highest BCUT2D eigenvalue weighted by molar-refractivity contribution is 7.89. The number of rotatable bonds is 3. The standard InChI is InChI=1S/C12H17NO4S/c14-10-6-2-1-5-9(10)13-18(16,17)12-8-4-3-7-11(12)15/h3-4,7-10,13-15H,1-2,5-6H2. The molecule has 0 saturated heterocycles. The van der Waals surface area contributed by atoms with Crippen LogP contribution in [0.15, 0.2) is 29.2 Å². The topological polar surface area (TPSA) is 86.6 Å². The Kier molecular flexibility index (Phi) is 3.89. The van der Waals surface area contributed by atoms with E-state index in [4.69, 9.17) is 0 Å². The molecule has 0 spiro atoms. The molecule has 2 unspecified atom stereocenters. The van der Waals surface area contributed by atoms with Gasteiger partial charge in [0, 0.05) is 6.04 Å². The molecule has 1 aromatic rings. The van der Waals surface area contributed by atoms with Gasteiger partial charge in [0.15, 0.2) is 0 Å². The molecule has 2 atom stereocenters. The molecule has 100 valence electrons. The maximum Gasteiger partial charge on any atom is 0.244 e. The van der Waals surface area contributed by atoms with Crippen LogP contribution in [0.5, 0.6) is 5.75 Å². The summed E-state index contributed by atoms with van der Waals surface area (Å²) in [5.41, 5.74) is 0. The molecule has 6 heteroatoms. The van der Waals surface area contributed by atoms with Gasteiger partial charge in [0.2, 0.25) is 10.0 Å². The first-order valence-corrected chi connectivity index (χ1v) is 7.47. The van der Waals surface area contributed by atoms with Gasteiger partial charge in [-0.25, -0.2) is 13.1 Å². The van der Waals surface area contributed by atoms with Gasteiger partial charge in [-0.15, -0.1) is 0 Å². The normalized spacial score (nSPS) is 24.9. The molecule has 0 aromatic heterocycles. The Morgan fingerprint density at radius 2 is 1.83 bits per heavy atom. The molecular weight excluding hydrogens is 254 g/mol. The number of aliphatic hydroxyl groups excluding tert-OH is 1. The van der Waals surface area contributed by atoms with Gasteiger partial charge in [-0.2, -0.15) is 0 Å². The van der Waals surface area contributed by atoms with Gasteiger partial charge in [0.1, 0.15) is 10.6 Å². The molecule has 1 aromatic carbocycles. The lowest BCUT2D eigenvalue weighted by atomic mass is 9.93. The van der Waals surface area contributed by atoms with Gasteiger partial charge >= 0.3 is 0 Å². The maximum atomic E-state index is 12.1. The second kappa shape index (κ2) is 5.26. The molecule has 3 N–H and O–H groups in total. The molecule has 2 rings (SSSR count). The number of aliphatic hydroxyl groups is 1. The summed E-state index contributed by atoms with van der Waals surface area (Å²) in [6, 6.07) is 5.30. The number of sulfonamides is 1. The van der Waals surface area contributed by atoms with Crippen LogP contribution < -0.4 is 4.72 Å². The first kappa shape index (κ1) is 13.3. The zero-order chi connectivity index (χ0) is 13.2. The minimum Gasteiger partial charge on any atom is -0.507 e. The first-order valence-electron chi connectivity index (χ1n) is 5.99. The van der Waals surface area contributed by atoms with Crippen LogP contribution >= 0.6 is 0 Å². The summed E-state index contributed by atoms with van der Waals surface area (Å²) in [5.74, 6) is -0.282. The minimum absolute atomic E-state index is 0.150. The van der Waals surface area contributed by atoms with E-state index >= 15 is 0 Å². The van der Waals surface area contributed by atoms with Crippen LogP contribution in [0.4, 0.5) is 0 Å². The van der Waals surface area contributed by atoms with Gasteiger partial charge in [0.25, 0.3) is 0 Å². The van der Waals surface area contributed by atoms with Gasteiger partial charge in [-0.05, 0) is 25.0 Å². The second-order valence-electron chi connectivity index (χ2n) is 4.55. The van der Waals surface area contributed by atoms with Gasteiger partial charge in [0.05, 0.1) is 6.10 Å². The van der Waals surface area contributed by atoms with Crippen LogP contribution in [-0.4, -0.2) is 30.8 Å². The summed E-state index contributed by atoms with van der Waals surface area (Å²) < 4.78 is 26.6. The van der Waals surface area contributed by atoms with Crippen LogP contribution in [-0.2, 0) is 10.0 Å². The van der Waals surface area contributed by atoms with Crippen LogP contribution in [0.25, 0.3) is 0 Å². The Morgan fingerprint density at radius 3 is 2.50 bits per heavy atom. The third-order valence-electron chi connectivity index (χ3n) is 3.19. The van der Waals surface area contributed by atoms with E-state index in [0.29, 0.717) is 12.8 Å². The Labute approximate surface area is 107 Å². The fourth-order valence-corrected chi connectivity index (χ4v) is 3.60. The van der Waals surface area contributed by atoms with E-state index in [0.717, 1.165) is 12.8 Å². The van der Waals surface area contributed by atoms with Crippen LogP contribution in [0.2, 0.25) is 0 Å². The second-order valence-corrected chi connectivity index (χ2v) is 6.23. The number of para-hydroxylation sites is 1. The molecule has 0 bridgehead atoms. The molecule has 0 radical (unpaired) electrons. The van der Waals surface area contributed by atoms with Gasteiger partial charge in [-0.1, -0.05) is 25.0 Å². The first-order chi connectivity index (χ1) is 8.50. The molecular formula is C12H17NO4S. The molecule has 5 nitrogen and oxygen atoms in total. The van der Waals surface area contributed by atoms with E-state index in [-0.39, 0.29) is 10.6 Å². The third kappa shape index (κ3) is 2.82. The van der Waals surface area contributed by atoms with E-state index in [2.05, 4.69) is 4.72 Å². The largest absolute Gasteiger partial charge is 0.507 e. The zero-order valence-corrected chi connectivity index (χ0v) is 10.7. The number of benzene rings is 1. The van der Waals surface area contributed by atoms with Crippen molar-refractivity contribution < 1.29 is 18.6 Å². The fourth-order valence-electron chi connectivity index (χ4n) is 2.20. The molecule has 0 aliphatic heterocycles. The average molecular weight is 271 g/mol. The van der Waals surface area contributed by atoms with Crippen molar-refractivity contribution in [1.82, 2.24) is 4.72 Å². The van der Waals surface area contributed by atoms with E-state index < -0.39 is 22.2 Å². The van der Waals surface area contributed by atoms with E-state index in [1.165, 1.54) is 12.1 Å². The fraction of sp³-hybridized carbons (Fsp3) is 0.500. The Morgan fingerprint density at radius 1 is 1.17 bits per heavy atom. The molecule has 1 aliphatic carbocycles. The number of phenolic OH excluding ortho intramolecular Hbond substituents is 1. The van der Waals surface area contributed by atoms with Crippen LogP contribution in [0, 0.1) is 0 Å². The lowest BCUT2D eigenvalue weighted by molar-refractivity contribution is 0.101. The molecule has 0 heterocycles. The van der Waals surface area contributed by atoms with Crippen molar-refractivity contribution >= 4 is 10.0 Å². The van der Waals surface area contributed by atoms with E-state index in [1.807, 2.05) is 0 Å². The number of nitrogens with one attached hydrogen (secondary N) is 1. The smallest absolute Gasteiger partial charge is 0.244 e. The van der Waals surface area contributed by atoms with Crippen molar-refractivity contribution in [1.29, 1.82) is 0 Å². The number of hydrogen-bond acceptors (Lipinski definition) is 4. The van der Waals surface area contributed by atoms with Gasteiger partial charge in [-0.3, -0.25) is 0 Å². The van der Waals surface area contributed by atoms with Crippen LogP contribution in [0.1, 0.15) is 25.7 Å². The summed E-state index contributed by atoms with van der Waals surface area (Å²) in [6.45, 7) is 0. The zero-order valence-electron chi connectivity index (χ0n) is 9.91. The summed E-state index contributed by atoms with van der Waals surface area (Å²) in [7, 11) is -3.78. The Hall–Kier alpha value is -1.11. The SMILES string of the molecule is O=S(=O)(NC1CCCCC1O)c1ccccc1O. The summed E-state index contributed by atoms with van der Waals surface area (Å²) in [5, 5.41) is 19.3. The van der Waals surface area contributed by atoms with Gasteiger partial charge < -0.3 is 10.2 Å². The van der Waals surface area contributed by atoms with E-state index in [1.54, 1.807) is 12.1 Å².